The number of ether oxygens (including phenoxy) is 3. The lowest BCUT2D eigenvalue weighted by Crippen LogP contribution is -2.08. The molecule has 0 amide bonds. The molecule has 3 aromatic rings. The number of nitrogens with one attached hydrogen (secondary N) is 2. The van der Waals surface area contributed by atoms with Gasteiger partial charge in [0.05, 0.1) is 21.3 Å². The fourth-order valence-corrected chi connectivity index (χ4v) is 2.67. The molecule has 9 nitrogen and oxygen atoms in total. The highest BCUT2D eigenvalue weighted by atomic mass is 16.5. The second-order valence-corrected chi connectivity index (χ2v) is 6.24. The second kappa shape index (κ2) is 8.96. The summed E-state index contributed by atoms with van der Waals surface area (Å²) in [5.74, 6) is 2.37. The molecule has 0 unspecified atom stereocenters. The Morgan fingerprint density at radius 1 is 0.759 bits per heavy atom. The van der Waals surface area contributed by atoms with Gasteiger partial charge in [-0.3, -0.25) is 0 Å². The molecule has 152 valence electrons. The molecule has 0 aliphatic carbocycles. The van der Waals surface area contributed by atoms with Gasteiger partial charge in [0.15, 0.2) is 11.5 Å². The third kappa shape index (κ3) is 4.75. The van der Waals surface area contributed by atoms with E-state index in [4.69, 9.17) is 14.2 Å². The van der Waals surface area contributed by atoms with Crippen molar-refractivity contribution >= 4 is 29.0 Å². The predicted molar refractivity (Wildman–Crippen MR) is 113 cm³/mol. The van der Waals surface area contributed by atoms with E-state index in [1.165, 1.54) is 6.33 Å². The van der Waals surface area contributed by atoms with Gasteiger partial charge in [-0.2, -0.15) is 4.98 Å². The van der Waals surface area contributed by atoms with Crippen LogP contribution >= 0.6 is 0 Å². The summed E-state index contributed by atoms with van der Waals surface area (Å²) in [6, 6.07) is 11.5. The summed E-state index contributed by atoms with van der Waals surface area (Å²) in [6.07, 6.45) is 1.43. The largest absolute Gasteiger partial charge is 0.493 e. The molecule has 0 saturated heterocycles. The van der Waals surface area contributed by atoms with Gasteiger partial charge in [0, 0.05) is 43.3 Å². The summed E-state index contributed by atoms with van der Waals surface area (Å²) in [5, 5.41) is 6.30. The molecule has 9 heteroatoms. The maximum atomic E-state index is 5.37. The van der Waals surface area contributed by atoms with Crippen molar-refractivity contribution in [2.45, 2.75) is 0 Å². The average molecular weight is 396 g/mol. The van der Waals surface area contributed by atoms with Crippen LogP contribution in [0.5, 0.6) is 17.2 Å². The van der Waals surface area contributed by atoms with Crippen LogP contribution in [-0.4, -0.2) is 50.4 Å². The highest BCUT2D eigenvalue weighted by molar-refractivity contribution is 5.66. The van der Waals surface area contributed by atoms with Crippen LogP contribution in [0.4, 0.5) is 29.0 Å². The lowest BCUT2D eigenvalue weighted by molar-refractivity contribution is 0.324. The van der Waals surface area contributed by atoms with E-state index in [-0.39, 0.29) is 0 Å². The predicted octanol–water partition coefficient (Wildman–Crippen LogP) is 3.45. The second-order valence-electron chi connectivity index (χ2n) is 6.24. The molecule has 29 heavy (non-hydrogen) atoms. The summed E-state index contributed by atoms with van der Waals surface area (Å²) < 4.78 is 16.1. The maximum absolute atomic E-state index is 5.37. The van der Waals surface area contributed by atoms with Crippen molar-refractivity contribution in [2.75, 3.05) is 51.0 Å². The first-order chi connectivity index (χ1) is 14.0. The van der Waals surface area contributed by atoms with Crippen molar-refractivity contribution in [3.05, 3.63) is 42.7 Å². The molecule has 0 atom stereocenters. The first kappa shape index (κ1) is 20.0. The zero-order valence-electron chi connectivity index (χ0n) is 17.1. The minimum atomic E-state index is 0.377. The molecule has 3 rings (SSSR count). The first-order valence-corrected chi connectivity index (χ1v) is 8.84. The Morgan fingerprint density at radius 2 is 1.31 bits per heavy atom. The van der Waals surface area contributed by atoms with Crippen LogP contribution < -0.4 is 29.7 Å². The van der Waals surface area contributed by atoms with Crippen molar-refractivity contribution in [3.8, 4) is 17.2 Å². The van der Waals surface area contributed by atoms with Crippen LogP contribution in [0.3, 0.4) is 0 Å². The van der Waals surface area contributed by atoms with Gasteiger partial charge in [-0.05, 0) is 24.3 Å². The van der Waals surface area contributed by atoms with E-state index >= 15 is 0 Å². The Bertz CT molecular complexity index is 938. The standard InChI is InChI=1S/C20H24N6O3/c1-26(2)15-8-6-13(7-9-15)23-19-21-12-22-20(25-19)24-14-10-16(27-3)18(29-5)17(11-14)28-4/h6-12H,1-5H3,(H2,21,22,23,24,25). The Labute approximate surface area is 169 Å². The molecule has 2 N–H and O–H groups in total. The summed E-state index contributed by atoms with van der Waals surface area (Å²) in [5.41, 5.74) is 2.67. The van der Waals surface area contributed by atoms with Crippen molar-refractivity contribution in [3.63, 3.8) is 0 Å². The van der Waals surface area contributed by atoms with Gasteiger partial charge in [0.25, 0.3) is 0 Å². The normalized spacial score (nSPS) is 10.2. The molecule has 0 bridgehead atoms. The number of methoxy groups -OCH3 is 3. The molecule has 0 aliphatic heterocycles. The van der Waals surface area contributed by atoms with E-state index in [0.29, 0.717) is 34.8 Å². The van der Waals surface area contributed by atoms with E-state index in [9.17, 15) is 0 Å². The molecule has 0 saturated carbocycles. The number of hydrogen-bond donors (Lipinski definition) is 2. The van der Waals surface area contributed by atoms with Gasteiger partial charge in [0.2, 0.25) is 17.6 Å². The molecule has 0 spiro atoms. The fraction of sp³-hybridized carbons (Fsp3) is 0.250. The maximum Gasteiger partial charge on any atom is 0.232 e. The van der Waals surface area contributed by atoms with Crippen LogP contribution in [0.2, 0.25) is 0 Å². The SMILES string of the molecule is COc1cc(Nc2ncnc(Nc3ccc(N(C)C)cc3)n2)cc(OC)c1OC. The summed E-state index contributed by atoms with van der Waals surface area (Å²) in [7, 11) is 8.68. The number of anilines is 5. The minimum absolute atomic E-state index is 0.377. The quantitative estimate of drug-likeness (QED) is 0.594. The summed E-state index contributed by atoms with van der Waals surface area (Å²) in [6.45, 7) is 0. The lowest BCUT2D eigenvalue weighted by atomic mass is 10.2. The highest BCUT2D eigenvalue weighted by Crippen LogP contribution is 2.40. The highest BCUT2D eigenvalue weighted by Gasteiger charge is 2.14. The van der Waals surface area contributed by atoms with Gasteiger partial charge in [-0.25, -0.2) is 9.97 Å². The molecule has 0 radical (unpaired) electrons. The van der Waals surface area contributed by atoms with Crippen molar-refractivity contribution < 1.29 is 14.2 Å². The summed E-state index contributed by atoms with van der Waals surface area (Å²) in [4.78, 5) is 14.8. The number of nitrogens with zero attached hydrogens (tertiary/aromatic N) is 4. The Hall–Kier alpha value is -3.75. The van der Waals surface area contributed by atoms with E-state index in [1.807, 2.05) is 43.3 Å². The Morgan fingerprint density at radius 3 is 1.79 bits per heavy atom. The molecule has 0 fully saturated rings. The lowest BCUT2D eigenvalue weighted by Gasteiger charge is -2.15. The third-order valence-corrected chi connectivity index (χ3v) is 4.13. The van der Waals surface area contributed by atoms with E-state index in [2.05, 4.69) is 25.6 Å². The zero-order chi connectivity index (χ0) is 20.8. The molecule has 0 aliphatic rings. The molecule has 2 aromatic carbocycles. The van der Waals surface area contributed by atoms with Crippen LogP contribution in [0.25, 0.3) is 0 Å². The van der Waals surface area contributed by atoms with E-state index in [1.54, 1.807) is 33.5 Å². The smallest absolute Gasteiger partial charge is 0.232 e. The zero-order valence-corrected chi connectivity index (χ0v) is 17.1. The molecule has 1 aromatic heterocycles. The average Bonchev–Trinajstić information content (AvgIpc) is 2.73. The fourth-order valence-electron chi connectivity index (χ4n) is 2.67. The minimum Gasteiger partial charge on any atom is -0.493 e. The molecular formula is C20H24N6O3. The number of aromatic nitrogens is 3. The topological polar surface area (TPSA) is 93.7 Å². The van der Waals surface area contributed by atoms with Crippen molar-refractivity contribution in [1.82, 2.24) is 15.0 Å². The van der Waals surface area contributed by atoms with Crippen molar-refractivity contribution in [2.24, 2.45) is 0 Å². The van der Waals surface area contributed by atoms with Gasteiger partial charge in [-0.15, -0.1) is 0 Å². The van der Waals surface area contributed by atoms with E-state index < -0.39 is 0 Å². The number of rotatable bonds is 8. The monoisotopic (exact) mass is 396 g/mol. The van der Waals surface area contributed by atoms with Crippen LogP contribution in [0.15, 0.2) is 42.7 Å². The third-order valence-electron chi connectivity index (χ3n) is 4.13. The van der Waals surface area contributed by atoms with Crippen molar-refractivity contribution in [1.29, 1.82) is 0 Å². The van der Waals surface area contributed by atoms with Crippen LogP contribution in [0, 0.1) is 0 Å². The first-order valence-electron chi connectivity index (χ1n) is 8.84. The van der Waals surface area contributed by atoms with Gasteiger partial charge >= 0.3 is 0 Å². The van der Waals surface area contributed by atoms with Gasteiger partial charge in [-0.1, -0.05) is 0 Å². The number of benzene rings is 2. The van der Waals surface area contributed by atoms with Gasteiger partial charge in [0.1, 0.15) is 6.33 Å². The number of hydrogen-bond acceptors (Lipinski definition) is 9. The van der Waals surface area contributed by atoms with Gasteiger partial charge < -0.3 is 29.7 Å². The van der Waals surface area contributed by atoms with Crippen LogP contribution in [-0.2, 0) is 0 Å². The Kier molecular flexibility index (Phi) is 6.18. The summed E-state index contributed by atoms with van der Waals surface area (Å²) >= 11 is 0. The van der Waals surface area contributed by atoms with E-state index in [0.717, 1.165) is 11.4 Å². The molecule has 1 heterocycles. The van der Waals surface area contributed by atoms with Crippen LogP contribution in [0.1, 0.15) is 0 Å². The molecular weight excluding hydrogens is 372 g/mol. The Balaban J connectivity index is 1.79.